The summed E-state index contributed by atoms with van der Waals surface area (Å²) in [6, 6.07) is 3.72. The Morgan fingerprint density at radius 1 is 1.40 bits per heavy atom. The number of halogens is 2. The van der Waals surface area contributed by atoms with E-state index in [1.165, 1.54) is 26.0 Å². The molecule has 0 bridgehead atoms. The average Bonchev–Trinajstić information content (AvgIpc) is 3.06. The maximum atomic E-state index is 13.8. The van der Waals surface area contributed by atoms with E-state index in [2.05, 4.69) is 20.8 Å². The van der Waals surface area contributed by atoms with Crippen molar-refractivity contribution >= 4 is 27.6 Å². The number of methoxy groups -OCH3 is 1. The molecule has 0 aromatic heterocycles. The van der Waals surface area contributed by atoms with Gasteiger partial charge in [0, 0.05) is 18.3 Å². The van der Waals surface area contributed by atoms with Gasteiger partial charge >= 0.3 is 5.97 Å². The SMILES string of the molecule is COC(=O)C1CN(C2CCCC2)c2cc(Br)c(F)cc21. The Labute approximate surface area is 126 Å². The van der Waals surface area contributed by atoms with Crippen molar-refractivity contribution in [2.75, 3.05) is 18.6 Å². The van der Waals surface area contributed by atoms with Crippen LogP contribution in [0.3, 0.4) is 0 Å². The average molecular weight is 342 g/mol. The maximum Gasteiger partial charge on any atom is 0.315 e. The number of benzene rings is 1. The van der Waals surface area contributed by atoms with Crippen molar-refractivity contribution < 1.29 is 13.9 Å². The Kier molecular flexibility index (Phi) is 3.71. The van der Waals surface area contributed by atoms with Crippen LogP contribution in [0.5, 0.6) is 0 Å². The molecule has 108 valence electrons. The number of nitrogens with zero attached hydrogens (tertiary/aromatic N) is 1. The third-order valence-electron chi connectivity index (χ3n) is 4.38. The first-order chi connectivity index (χ1) is 9.61. The molecule has 1 saturated carbocycles. The van der Waals surface area contributed by atoms with Crippen molar-refractivity contribution in [3.63, 3.8) is 0 Å². The fourth-order valence-electron chi connectivity index (χ4n) is 3.38. The highest BCUT2D eigenvalue weighted by atomic mass is 79.9. The zero-order valence-corrected chi connectivity index (χ0v) is 13.0. The topological polar surface area (TPSA) is 29.5 Å². The molecular weight excluding hydrogens is 325 g/mol. The predicted octanol–water partition coefficient (Wildman–Crippen LogP) is 3.61. The maximum absolute atomic E-state index is 13.8. The van der Waals surface area contributed by atoms with Gasteiger partial charge in [0.15, 0.2) is 0 Å². The Hall–Kier alpha value is -1.10. The number of esters is 1. The second-order valence-corrected chi connectivity index (χ2v) is 6.35. The van der Waals surface area contributed by atoms with Crippen LogP contribution in [-0.2, 0) is 9.53 Å². The molecule has 1 atom stereocenters. The van der Waals surface area contributed by atoms with Crippen molar-refractivity contribution in [1.29, 1.82) is 0 Å². The van der Waals surface area contributed by atoms with Crippen LogP contribution in [0, 0.1) is 5.82 Å². The van der Waals surface area contributed by atoms with Crippen molar-refractivity contribution in [2.24, 2.45) is 0 Å². The first-order valence-electron chi connectivity index (χ1n) is 6.95. The molecular formula is C15H17BrFNO2. The molecule has 0 radical (unpaired) electrons. The van der Waals surface area contributed by atoms with Crippen LogP contribution < -0.4 is 4.90 Å². The Bertz CT molecular complexity index is 543. The van der Waals surface area contributed by atoms with Gasteiger partial charge in [-0.3, -0.25) is 4.79 Å². The minimum absolute atomic E-state index is 0.284. The fraction of sp³-hybridized carbons (Fsp3) is 0.533. The number of anilines is 1. The van der Waals surface area contributed by atoms with E-state index in [4.69, 9.17) is 4.74 Å². The van der Waals surface area contributed by atoms with Crippen molar-refractivity contribution in [1.82, 2.24) is 0 Å². The molecule has 0 spiro atoms. The lowest BCUT2D eigenvalue weighted by atomic mass is 10.0. The van der Waals surface area contributed by atoms with Gasteiger partial charge in [-0.2, -0.15) is 0 Å². The Morgan fingerprint density at radius 2 is 2.10 bits per heavy atom. The van der Waals surface area contributed by atoms with Crippen LogP contribution in [0.4, 0.5) is 10.1 Å². The summed E-state index contributed by atoms with van der Waals surface area (Å²) >= 11 is 3.24. The van der Waals surface area contributed by atoms with Gasteiger partial charge in [-0.05, 0) is 46.5 Å². The van der Waals surface area contributed by atoms with Gasteiger partial charge in [-0.15, -0.1) is 0 Å². The zero-order chi connectivity index (χ0) is 14.3. The molecule has 1 aliphatic heterocycles. The number of hydrogen-bond acceptors (Lipinski definition) is 3. The molecule has 1 aromatic carbocycles. The summed E-state index contributed by atoms with van der Waals surface area (Å²) in [5.74, 6) is -0.988. The van der Waals surface area contributed by atoms with Gasteiger partial charge in [0.1, 0.15) is 11.7 Å². The van der Waals surface area contributed by atoms with Crippen LogP contribution in [0.2, 0.25) is 0 Å². The highest BCUT2D eigenvalue weighted by molar-refractivity contribution is 9.10. The molecule has 0 amide bonds. The van der Waals surface area contributed by atoms with Crippen molar-refractivity contribution in [3.05, 3.63) is 28.0 Å². The third-order valence-corrected chi connectivity index (χ3v) is 4.99. The molecule has 20 heavy (non-hydrogen) atoms. The summed E-state index contributed by atoms with van der Waals surface area (Å²) in [5, 5.41) is 0. The lowest BCUT2D eigenvalue weighted by Gasteiger charge is -2.27. The first-order valence-corrected chi connectivity index (χ1v) is 7.74. The molecule has 3 rings (SSSR count). The Balaban J connectivity index is 2.02. The van der Waals surface area contributed by atoms with Crippen LogP contribution >= 0.6 is 15.9 Å². The van der Waals surface area contributed by atoms with Gasteiger partial charge in [0.25, 0.3) is 0 Å². The van der Waals surface area contributed by atoms with E-state index < -0.39 is 0 Å². The zero-order valence-electron chi connectivity index (χ0n) is 11.4. The van der Waals surface area contributed by atoms with Gasteiger partial charge in [0.05, 0.1) is 11.6 Å². The quantitative estimate of drug-likeness (QED) is 0.769. The lowest BCUT2D eigenvalue weighted by molar-refractivity contribution is -0.142. The van der Waals surface area contributed by atoms with Crippen LogP contribution in [0.15, 0.2) is 16.6 Å². The van der Waals surface area contributed by atoms with Crippen molar-refractivity contribution in [3.8, 4) is 0 Å². The summed E-state index contributed by atoms with van der Waals surface area (Å²) in [7, 11) is 1.38. The van der Waals surface area contributed by atoms with Crippen LogP contribution in [0.25, 0.3) is 0 Å². The monoisotopic (exact) mass is 341 g/mol. The third kappa shape index (κ3) is 2.22. The second-order valence-electron chi connectivity index (χ2n) is 5.49. The fourth-order valence-corrected chi connectivity index (χ4v) is 3.71. The van der Waals surface area contributed by atoms with E-state index in [0.717, 1.165) is 24.1 Å². The minimum atomic E-state index is -0.377. The standard InChI is InChI=1S/C15H17BrFNO2/c1-20-15(19)11-8-18(9-4-2-3-5-9)14-7-12(16)13(17)6-10(11)14/h6-7,9,11H,2-5,8H2,1H3. The van der Waals surface area contributed by atoms with E-state index in [0.29, 0.717) is 17.1 Å². The Morgan fingerprint density at radius 3 is 2.75 bits per heavy atom. The second kappa shape index (κ2) is 5.35. The van der Waals surface area contributed by atoms with Gasteiger partial charge < -0.3 is 9.64 Å². The van der Waals surface area contributed by atoms with E-state index in [9.17, 15) is 9.18 Å². The molecule has 1 aliphatic carbocycles. The highest BCUT2D eigenvalue weighted by Crippen LogP contribution is 2.43. The number of fused-ring (bicyclic) bond motifs is 1. The van der Waals surface area contributed by atoms with Crippen LogP contribution in [0.1, 0.15) is 37.2 Å². The number of rotatable bonds is 2. The summed E-state index contributed by atoms with van der Waals surface area (Å²) in [5.41, 5.74) is 1.73. The lowest BCUT2D eigenvalue weighted by Crippen LogP contribution is -2.33. The molecule has 1 unspecified atom stereocenters. The minimum Gasteiger partial charge on any atom is -0.468 e. The molecule has 1 aromatic rings. The van der Waals surface area contributed by atoms with E-state index in [1.807, 2.05) is 0 Å². The molecule has 5 heteroatoms. The summed E-state index contributed by atoms with van der Waals surface area (Å²) in [4.78, 5) is 14.2. The molecule has 1 fully saturated rings. The van der Waals surface area contributed by atoms with E-state index >= 15 is 0 Å². The number of carbonyl (C=O) groups is 1. The molecule has 3 nitrogen and oxygen atoms in total. The van der Waals surface area contributed by atoms with Gasteiger partial charge in [-0.25, -0.2) is 4.39 Å². The van der Waals surface area contributed by atoms with Crippen LogP contribution in [-0.4, -0.2) is 25.7 Å². The summed E-state index contributed by atoms with van der Waals surface area (Å²) < 4.78 is 19.1. The number of hydrogen-bond donors (Lipinski definition) is 0. The molecule has 1 heterocycles. The molecule has 0 saturated heterocycles. The van der Waals surface area contributed by atoms with Gasteiger partial charge in [0.2, 0.25) is 0 Å². The molecule has 0 N–H and O–H groups in total. The predicted molar refractivity (Wildman–Crippen MR) is 78.5 cm³/mol. The van der Waals surface area contributed by atoms with E-state index in [1.54, 1.807) is 6.07 Å². The highest BCUT2D eigenvalue weighted by Gasteiger charge is 2.38. The molecule has 2 aliphatic rings. The summed E-state index contributed by atoms with van der Waals surface area (Å²) in [6.07, 6.45) is 4.73. The number of ether oxygens (including phenoxy) is 1. The summed E-state index contributed by atoms with van der Waals surface area (Å²) in [6.45, 7) is 0.600. The first kappa shape index (κ1) is 13.9. The van der Waals surface area contributed by atoms with Crippen molar-refractivity contribution in [2.45, 2.75) is 37.6 Å². The largest absolute Gasteiger partial charge is 0.468 e. The normalized spacial score (nSPS) is 22.1. The van der Waals surface area contributed by atoms with E-state index in [-0.39, 0.29) is 17.7 Å². The number of carbonyl (C=O) groups excluding carboxylic acids is 1. The van der Waals surface area contributed by atoms with Gasteiger partial charge in [-0.1, -0.05) is 12.8 Å². The smallest absolute Gasteiger partial charge is 0.315 e.